The van der Waals surface area contributed by atoms with E-state index in [-0.39, 0.29) is 53.1 Å². The summed E-state index contributed by atoms with van der Waals surface area (Å²) >= 11 is 6.14. The van der Waals surface area contributed by atoms with Crippen LogP contribution in [0.5, 0.6) is 0 Å². The summed E-state index contributed by atoms with van der Waals surface area (Å²) in [5.74, 6) is 0.101. The van der Waals surface area contributed by atoms with Crippen molar-refractivity contribution in [1.29, 1.82) is 0 Å². The average Bonchev–Trinajstić information content (AvgIpc) is 3.56. The SMILES string of the molecule is CCCCCCCCCCCCCCCCOCC(Cl)CP(=O)(O)OP(=O)(O)OCC1OC(n2cnc3c(N)ncnc32)C(O)C1O.[Na+]. The van der Waals surface area contributed by atoms with Crippen molar-refractivity contribution in [3.05, 3.63) is 12.7 Å². The van der Waals surface area contributed by atoms with Crippen LogP contribution >= 0.6 is 27.0 Å². The van der Waals surface area contributed by atoms with Gasteiger partial charge in [0.05, 0.1) is 31.1 Å². The molecule has 15 nitrogen and oxygen atoms in total. The number of anilines is 1. The van der Waals surface area contributed by atoms with Crippen LogP contribution < -0.4 is 35.3 Å². The van der Waals surface area contributed by atoms with Gasteiger partial charge in [0.15, 0.2) is 17.7 Å². The van der Waals surface area contributed by atoms with Gasteiger partial charge in [0.2, 0.25) is 0 Å². The molecule has 1 aliphatic heterocycles. The summed E-state index contributed by atoms with van der Waals surface area (Å²) in [5, 5.41) is 20.0. The second-order valence-corrected chi connectivity index (χ2v) is 16.2. The molecule has 1 aliphatic rings. The maximum absolute atomic E-state index is 12.5. The molecule has 19 heteroatoms. The molecule has 2 aromatic rings. The van der Waals surface area contributed by atoms with Crippen LogP contribution in [-0.4, -0.2) is 89.2 Å². The van der Waals surface area contributed by atoms with E-state index in [1.54, 1.807) is 0 Å². The molecule has 0 radical (unpaired) electrons. The molecule has 270 valence electrons. The van der Waals surface area contributed by atoms with E-state index in [1.165, 1.54) is 87.9 Å². The predicted octanol–water partition coefficient (Wildman–Crippen LogP) is 2.46. The molecule has 6 N–H and O–H groups in total. The Morgan fingerprint density at radius 2 is 1.52 bits per heavy atom. The van der Waals surface area contributed by atoms with Crippen LogP contribution in [-0.2, 0) is 27.4 Å². The van der Waals surface area contributed by atoms with Crippen LogP contribution in [0.1, 0.15) is 103 Å². The molecule has 48 heavy (non-hydrogen) atoms. The number of alkyl halides is 1. The number of ether oxygens (including phenoxy) is 2. The van der Waals surface area contributed by atoms with Gasteiger partial charge in [-0.05, 0) is 6.42 Å². The van der Waals surface area contributed by atoms with E-state index in [0.29, 0.717) is 6.61 Å². The van der Waals surface area contributed by atoms with Crippen molar-refractivity contribution in [2.24, 2.45) is 0 Å². The number of aliphatic hydroxyl groups excluding tert-OH is 2. The van der Waals surface area contributed by atoms with Crippen molar-refractivity contribution in [1.82, 2.24) is 19.5 Å². The number of nitrogens with two attached hydrogens (primary N) is 1. The molecule has 0 spiro atoms. The van der Waals surface area contributed by atoms with Crippen LogP contribution in [0.2, 0.25) is 0 Å². The van der Waals surface area contributed by atoms with Crippen molar-refractivity contribution in [2.75, 3.05) is 31.7 Å². The molecule has 3 rings (SSSR count). The minimum Gasteiger partial charge on any atom is -0.387 e. The normalized spacial score (nSPS) is 22.7. The summed E-state index contributed by atoms with van der Waals surface area (Å²) in [6.07, 6.45) is 13.7. The summed E-state index contributed by atoms with van der Waals surface area (Å²) in [4.78, 5) is 32.2. The van der Waals surface area contributed by atoms with Gasteiger partial charge in [0, 0.05) is 6.61 Å². The monoisotopic (exact) mass is 750 g/mol. The number of nitrogen functional groups attached to an aromatic ring is 1. The third-order valence-electron chi connectivity index (χ3n) is 8.00. The second-order valence-electron chi connectivity index (χ2n) is 12.1. The van der Waals surface area contributed by atoms with E-state index < -0.39 is 58.1 Å². The van der Waals surface area contributed by atoms with Gasteiger partial charge < -0.3 is 35.2 Å². The van der Waals surface area contributed by atoms with Crippen LogP contribution in [0.4, 0.5) is 5.82 Å². The summed E-state index contributed by atoms with van der Waals surface area (Å²) in [6.45, 7) is 1.90. The number of aliphatic hydroxyl groups is 2. The number of hydrogen-bond donors (Lipinski definition) is 5. The number of rotatable bonds is 25. The number of unbranched alkanes of at least 4 members (excludes halogenated alkanes) is 13. The van der Waals surface area contributed by atoms with Gasteiger partial charge in [0.1, 0.15) is 30.2 Å². The van der Waals surface area contributed by atoms with Crippen molar-refractivity contribution in [2.45, 2.75) is 127 Å². The molecular formula is C29H52ClN5NaO10P2+. The van der Waals surface area contributed by atoms with E-state index in [0.717, 1.165) is 19.3 Å². The largest absolute Gasteiger partial charge is 1.00 e. The van der Waals surface area contributed by atoms with Gasteiger partial charge in [0.25, 0.3) is 0 Å². The van der Waals surface area contributed by atoms with Crippen LogP contribution in [0, 0.1) is 0 Å². The molecule has 0 aromatic carbocycles. The minimum atomic E-state index is -5.10. The Hall–Kier alpha value is -0.220. The first-order valence-electron chi connectivity index (χ1n) is 16.6. The zero-order valence-corrected chi connectivity index (χ0v) is 32.7. The second kappa shape index (κ2) is 22.7. The molecule has 2 aromatic heterocycles. The van der Waals surface area contributed by atoms with Gasteiger partial charge in [-0.15, -0.1) is 11.6 Å². The summed E-state index contributed by atoms with van der Waals surface area (Å²) in [6, 6.07) is 0. The van der Waals surface area contributed by atoms with Crippen molar-refractivity contribution in [3.63, 3.8) is 0 Å². The maximum Gasteiger partial charge on any atom is 1.00 e. The van der Waals surface area contributed by atoms with E-state index in [4.69, 9.17) is 31.3 Å². The van der Waals surface area contributed by atoms with E-state index in [2.05, 4.69) is 26.2 Å². The maximum atomic E-state index is 12.5. The molecule has 3 heterocycles. The van der Waals surface area contributed by atoms with Gasteiger partial charge in [-0.25, -0.2) is 23.8 Å². The number of fused-ring (bicyclic) bond motifs is 1. The fourth-order valence-corrected chi connectivity index (χ4v) is 8.75. The predicted molar refractivity (Wildman–Crippen MR) is 178 cm³/mol. The quantitative estimate of drug-likeness (QED) is 0.0426. The fraction of sp³-hybridized carbons (Fsp3) is 0.828. The van der Waals surface area contributed by atoms with Gasteiger partial charge >= 0.3 is 45.0 Å². The molecule has 0 amide bonds. The third kappa shape index (κ3) is 15.2. The van der Waals surface area contributed by atoms with Gasteiger partial charge in [-0.3, -0.25) is 13.7 Å². The van der Waals surface area contributed by atoms with Crippen molar-refractivity contribution in [3.8, 4) is 0 Å². The standard InChI is InChI=1S/C29H52ClN5O10P2.Na/c1-2-3-4-5-6-7-8-9-10-11-12-13-14-15-16-42-17-22(30)19-46(38,39)45-47(40,41)43-18-23-25(36)26(37)29(44-23)35-21-34-24-27(31)32-20-33-28(24)35;/h20-23,25-26,29,36-37H,2-19H2,1H3,(H,38,39)(H,40,41)(H2,31,32,33);/q;+1. The Kier molecular flexibility index (Phi) is 20.7. The van der Waals surface area contributed by atoms with Crippen molar-refractivity contribution >= 4 is 44.0 Å². The third-order valence-corrected chi connectivity index (χ3v) is 11.7. The Balaban J connectivity index is 0.00000800. The van der Waals surface area contributed by atoms with Crippen LogP contribution in [0.25, 0.3) is 11.2 Å². The van der Waals surface area contributed by atoms with E-state index >= 15 is 0 Å². The first-order chi connectivity index (χ1) is 22.4. The smallest absolute Gasteiger partial charge is 0.387 e. The molecular weight excluding hydrogens is 699 g/mol. The minimum absolute atomic E-state index is 0. The number of phosphoric acid groups is 1. The van der Waals surface area contributed by atoms with E-state index in [1.807, 2.05) is 0 Å². The Bertz CT molecular complexity index is 1300. The fourth-order valence-electron chi connectivity index (χ4n) is 5.45. The molecule has 0 saturated carbocycles. The Morgan fingerprint density at radius 3 is 2.12 bits per heavy atom. The summed E-state index contributed by atoms with van der Waals surface area (Å²) in [5.41, 5.74) is 6.26. The van der Waals surface area contributed by atoms with Gasteiger partial charge in [-0.1, -0.05) is 90.4 Å². The first-order valence-corrected chi connectivity index (χ1v) is 20.3. The molecule has 7 unspecified atom stereocenters. The number of nitrogens with zero attached hydrogens (tertiary/aromatic N) is 4. The number of hydrogen-bond acceptors (Lipinski definition) is 12. The molecule has 1 fully saturated rings. The number of imidazole rings is 1. The van der Waals surface area contributed by atoms with Crippen LogP contribution in [0.15, 0.2) is 12.7 Å². The van der Waals surface area contributed by atoms with E-state index in [9.17, 15) is 29.1 Å². The van der Waals surface area contributed by atoms with Crippen LogP contribution in [0.3, 0.4) is 0 Å². The Labute approximate surface area is 310 Å². The number of phosphoric ester groups is 1. The molecule has 7 atom stereocenters. The van der Waals surface area contributed by atoms with Gasteiger partial charge in [-0.2, -0.15) is 0 Å². The zero-order valence-electron chi connectivity index (χ0n) is 28.1. The molecule has 0 bridgehead atoms. The number of halogens is 1. The average molecular weight is 751 g/mol. The number of aromatic nitrogens is 4. The van der Waals surface area contributed by atoms with Crippen molar-refractivity contribution < 1.29 is 77.0 Å². The topological polar surface area (TPSA) is 222 Å². The molecule has 0 aliphatic carbocycles. The summed E-state index contributed by atoms with van der Waals surface area (Å²) in [7, 11) is -9.78. The Morgan fingerprint density at radius 1 is 0.938 bits per heavy atom. The zero-order chi connectivity index (χ0) is 34.3. The summed E-state index contributed by atoms with van der Waals surface area (Å²) < 4.78 is 46.8. The first kappa shape index (κ1) is 43.9. The molecule has 1 saturated heterocycles.